The highest BCUT2D eigenvalue weighted by atomic mass is 32.2. The van der Waals surface area contributed by atoms with Gasteiger partial charge in [-0.1, -0.05) is 12.1 Å². The molecule has 182 valence electrons. The number of imidazole rings is 1. The zero-order chi connectivity index (χ0) is 25.3. The fraction of sp³-hybridized carbons (Fsp3) is 0.208. The van der Waals surface area contributed by atoms with Gasteiger partial charge in [0.2, 0.25) is 5.78 Å². The van der Waals surface area contributed by atoms with Gasteiger partial charge < -0.3 is 15.0 Å². The summed E-state index contributed by atoms with van der Waals surface area (Å²) in [6, 6.07) is 16.6. The molecule has 1 amide bonds. The Hall–Kier alpha value is -3.73. The van der Waals surface area contributed by atoms with Crippen molar-refractivity contribution in [2.75, 3.05) is 37.7 Å². The van der Waals surface area contributed by atoms with Crippen molar-refractivity contribution in [1.82, 2.24) is 14.4 Å². The number of halogens is 3. The number of thioether (sulfide) groups is 1. The third-order valence-electron chi connectivity index (χ3n) is 5.26. The molecule has 2 aromatic heterocycles. The summed E-state index contributed by atoms with van der Waals surface area (Å²) in [5.41, 5.74) is 2.91. The molecule has 0 bridgehead atoms. The molecule has 0 aliphatic carbocycles. The minimum atomic E-state index is -5.04. The lowest BCUT2D eigenvalue weighted by atomic mass is 10.0. The Bertz CT molecular complexity index is 1370. The summed E-state index contributed by atoms with van der Waals surface area (Å²) in [7, 11) is 5.07. The summed E-state index contributed by atoms with van der Waals surface area (Å²) >= 11 is 1.61. The smallest absolute Gasteiger partial charge is 0.471 e. The fourth-order valence-corrected chi connectivity index (χ4v) is 3.98. The van der Waals surface area contributed by atoms with Gasteiger partial charge in [0.25, 0.3) is 0 Å². The third kappa shape index (κ3) is 4.90. The van der Waals surface area contributed by atoms with Gasteiger partial charge in [-0.05, 0) is 42.7 Å². The Morgan fingerprint density at radius 2 is 1.66 bits per heavy atom. The maximum absolute atomic E-state index is 12.9. The quantitative estimate of drug-likeness (QED) is 0.359. The number of nitrogens with one attached hydrogen (secondary N) is 1. The van der Waals surface area contributed by atoms with Crippen LogP contribution in [0, 0.1) is 0 Å². The number of benzene rings is 2. The van der Waals surface area contributed by atoms with Gasteiger partial charge in [-0.2, -0.15) is 18.2 Å². The highest BCUT2D eigenvalue weighted by molar-refractivity contribution is 7.98. The number of carbonyl (C=O) groups excluding carboxylic acids is 1. The number of aromatic nitrogens is 3. The maximum atomic E-state index is 12.9. The molecular weight excluding hydrogens is 479 g/mol. The Labute approximate surface area is 203 Å². The van der Waals surface area contributed by atoms with E-state index in [2.05, 4.69) is 9.97 Å². The largest absolute Gasteiger partial charge is 0.497 e. The number of alkyl halides is 3. The molecule has 7 nitrogen and oxygen atoms in total. The van der Waals surface area contributed by atoms with Crippen LogP contribution in [0.1, 0.15) is 0 Å². The van der Waals surface area contributed by atoms with E-state index >= 15 is 0 Å². The van der Waals surface area contributed by atoms with Crippen molar-refractivity contribution in [3.8, 4) is 28.3 Å². The highest BCUT2D eigenvalue weighted by Crippen LogP contribution is 2.37. The molecular formula is C24H22F3N5O2S. The average molecular weight is 502 g/mol. The minimum Gasteiger partial charge on any atom is -0.497 e. The second kappa shape index (κ2) is 9.49. The highest BCUT2D eigenvalue weighted by Gasteiger charge is 2.39. The number of nitrogens with zero attached hydrogens (tertiary/aromatic N) is 4. The van der Waals surface area contributed by atoms with E-state index in [1.807, 2.05) is 48.0 Å². The van der Waals surface area contributed by atoms with E-state index in [0.29, 0.717) is 23.0 Å². The van der Waals surface area contributed by atoms with E-state index in [1.54, 1.807) is 54.4 Å². The molecule has 4 rings (SSSR count). The molecule has 0 spiro atoms. The molecule has 0 unspecified atom stereocenters. The van der Waals surface area contributed by atoms with Gasteiger partial charge >= 0.3 is 12.1 Å². The number of methoxy groups -OCH3 is 1. The lowest BCUT2D eigenvalue weighted by Crippen LogP contribution is -2.30. The van der Waals surface area contributed by atoms with Gasteiger partial charge in [-0.25, -0.2) is 4.98 Å². The lowest BCUT2D eigenvalue weighted by molar-refractivity contribution is -0.167. The molecule has 2 aromatic carbocycles. The van der Waals surface area contributed by atoms with Crippen LogP contribution in [0.2, 0.25) is 0 Å². The average Bonchev–Trinajstić information content (AvgIpc) is 3.22. The summed E-state index contributed by atoms with van der Waals surface area (Å²) in [6.45, 7) is 0. The SMILES string of the molecule is COc1ccc(-c2nc3nc(NC(=O)C(F)(F)F)cc(N(C)C)n3c2-c2ccc(SC)cc2)cc1. The molecule has 0 saturated heterocycles. The van der Waals surface area contributed by atoms with E-state index in [1.165, 1.54) is 6.07 Å². The molecule has 2 heterocycles. The molecule has 4 aromatic rings. The van der Waals surface area contributed by atoms with Crippen LogP contribution in [0.25, 0.3) is 28.3 Å². The van der Waals surface area contributed by atoms with Crippen molar-refractivity contribution < 1.29 is 22.7 Å². The zero-order valence-electron chi connectivity index (χ0n) is 19.3. The molecule has 0 aliphatic rings. The number of hydrogen-bond donors (Lipinski definition) is 1. The van der Waals surface area contributed by atoms with Gasteiger partial charge in [0.05, 0.1) is 18.5 Å². The number of fused-ring (bicyclic) bond motifs is 1. The molecule has 0 radical (unpaired) electrons. The number of anilines is 2. The van der Waals surface area contributed by atoms with E-state index in [-0.39, 0.29) is 11.6 Å². The summed E-state index contributed by atoms with van der Waals surface area (Å²) in [6.07, 6.45) is -3.06. The molecule has 0 saturated carbocycles. The third-order valence-corrected chi connectivity index (χ3v) is 6.00. The van der Waals surface area contributed by atoms with Crippen molar-refractivity contribution >= 4 is 35.1 Å². The van der Waals surface area contributed by atoms with Crippen LogP contribution in [-0.4, -0.2) is 53.9 Å². The van der Waals surface area contributed by atoms with Crippen molar-refractivity contribution in [2.45, 2.75) is 11.1 Å². The standard InChI is InChI=1S/C24H22F3N5O2S/c1-31(2)19-13-18(28-22(33)24(25,26)27)29-23-30-20(14-5-9-16(34-3)10-6-14)21(32(19)23)15-7-11-17(35-4)12-8-15/h5-13H,1-4H3,(H,28,29,30,33). The minimum absolute atomic E-state index is 0.142. The van der Waals surface area contributed by atoms with Crippen LogP contribution < -0.4 is 15.0 Å². The summed E-state index contributed by atoms with van der Waals surface area (Å²) in [5.74, 6) is -1.05. The van der Waals surface area contributed by atoms with E-state index in [9.17, 15) is 18.0 Å². The molecule has 0 aliphatic heterocycles. The summed E-state index contributed by atoms with van der Waals surface area (Å²) in [5, 5.41) is 1.83. The first kappa shape index (κ1) is 24.4. The van der Waals surface area contributed by atoms with Crippen LogP contribution in [-0.2, 0) is 4.79 Å². The Morgan fingerprint density at radius 3 is 2.20 bits per heavy atom. The zero-order valence-corrected chi connectivity index (χ0v) is 20.2. The second-order valence-corrected chi connectivity index (χ2v) is 8.63. The van der Waals surface area contributed by atoms with Crippen LogP contribution in [0.5, 0.6) is 5.75 Å². The monoisotopic (exact) mass is 501 g/mol. The van der Waals surface area contributed by atoms with E-state index < -0.39 is 12.1 Å². The van der Waals surface area contributed by atoms with Crippen LogP contribution >= 0.6 is 11.8 Å². The van der Waals surface area contributed by atoms with Crippen molar-refractivity contribution in [3.63, 3.8) is 0 Å². The first-order valence-electron chi connectivity index (χ1n) is 10.4. The van der Waals surface area contributed by atoms with Gasteiger partial charge in [0.1, 0.15) is 17.4 Å². The van der Waals surface area contributed by atoms with Crippen molar-refractivity contribution in [2.24, 2.45) is 0 Å². The molecule has 0 fully saturated rings. The topological polar surface area (TPSA) is 71.8 Å². The van der Waals surface area contributed by atoms with Crippen LogP contribution in [0.4, 0.5) is 24.8 Å². The van der Waals surface area contributed by atoms with Gasteiger partial charge in [-0.3, -0.25) is 9.20 Å². The number of amides is 1. The molecule has 1 N–H and O–H groups in total. The molecule has 11 heteroatoms. The number of carbonyl (C=O) groups is 1. The van der Waals surface area contributed by atoms with Crippen molar-refractivity contribution in [1.29, 1.82) is 0 Å². The number of hydrogen-bond acceptors (Lipinski definition) is 6. The fourth-order valence-electron chi connectivity index (χ4n) is 3.57. The Kier molecular flexibility index (Phi) is 6.62. The maximum Gasteiger partial charge on any atom is 0.471 e. The predicted octanol–water partition coefficient (Wildman–Crippen LogP) is 5.36. The van der Waals surface area contributed by atoms with E-state index in [0.717, 1.165) is 16.0 Å². The Balaban J connectivity index is 1.98. The number of ether oxygens (including phenoxy) is 1. The molecule has 35 heavy (non-hydrogen) atoms. The Morgan fingerprint density at radius 1 is 1.03 bits per heavy atom. The normalized spacial score (nSPS) is 11.5. The first-order valence-corrected chi connectivity index (χ1v) is 11.6. The summed E-state index contributed by atoms with van der Waals surface area (Å²) in [4.78, 5) is 23.3. The molecule has 0 atom stereocenters. The van der Waals surface area contributed by atoms with Crippen molar-refractivity contribution in [3.05, 3.63) is 54.6 Å². The summed E-state index contributed by atoms with van der Waals surface area (Å²) < 4.78 is 45.6. The van der Waals surface area contributed by atoms with E-state index in [4.69, 9.17) is 4.74 Å². The lowest BCUT2D eigenvalue weighted by Gasteiger charge is -2.18. The van der Waals surface area contributed by atoms with Gasteiger partial charge in [0.15, 0.2) is 0 Å². The number of rotatable bonds is 6. The van der Waals surface area contributed by atoms with Crippen LogP contribution in [0.15, 0.2) is 59.5 Å². The van der Waals surface area contributed by atoms with Gasteiger partial charge in [-0.15, -0.1) is 11.8 Å². The van der Waals surface area contributed by atoms with Gasteiger partial charge in [0, 0.05) is 36.2 Å². The predicted molar refractivity (Wildman–Crippen MR) is 131 cm³/mol. The van der Waals surface area contributed by atoms with Crippen LogP contribution in [0.3, 0.4) is 0 Å². The second-order valence-electron chi connectivity index (χ2n) is 7.75. The first-order chi connectivity index (χ1) is 16.6.